The van der Waals surface area contributed by atoms with Gasteiger partial charge in [-0.2, -0.15) is 0 Å². The van der Waals surface area contributed by atoms with E-state index in [9.17, 15) is 9.59 Å². The average molecular weight is 362 g/mol. The van der Waals surface area contributed by atoms with Crippen LogP contribution in [0.15, 0.2) is 53.3 Å². The Morgan fingerprint density at radius 3 is 2.89 bits per heavy atom. The molecule has 138 valence electrons. The number of aromatic nitrogens is 1. The van der Waals surface area contributed by atoms with E-state index in [2.05, 4.69) is 11.1 Å². The van der Waals surface area contributed by atoms with E-state index in [1.807, 2.05) is 47.4 Å². The maximum Gasteiger partial charge on any atom is 0.251 e. The molecule has 2 heterocycles. The third kappa shape index (κ3) is 3.45. The zero-order valence-electron chi connectivity index (χ0n) is 15.3. The van der Waals surface area contributed by atoms with Gasteiger partial charge in [-0.05, 0) is 55.2 Å². The number of carbonyl (C=O) groups is 1. The summed E-state index contributed by atoms with van der Waals surface area (Å²) in [5.41, 5.74) is 3.47. The Balaban J connectivity index is 1.54. The van der Waals surface area contributed by atoms with Crippen molar-refractivity contribution in [3.05, 3.63) is 70.0 Å². The van der Waals surface area contributed by atoms with Gasteiger partial charge in [-0.1, -0.05) is 18.2 Å². The predicted molar refractivity (Wildman–Crippen MR) is 107 cm³/mol. The number of para-hydroxylation sites is 1. The molecule has 27 heavy (non-hydrogen) atoms. The fourth-order valence-corrected chi connectivity index (χ4v) is 3.71. The highest BCUT2D eigenvalue weighted by Crippen LogP contribution is 2.27. The number of hydrogen-bond acceptors (Lipinski definition) is 3. The molecule has 5 nitrogen and oxygen atoms in total. The standard InChI is InChI=1S/C22H22N2O3/c1-27-18-9-10-19-17(14-18)13-16(22(26)23-19)8-11-21(25)24-12-4-6-15-5-2-3-7-20(15)24/h2-3,5,7,9-10,13-14H,4,6,8,11-12H2,1H3,(H,23,26). The van der Waals surface area contributed by atoms with Crippen LogP contribution in [0.25, 0.3) is 10.9 Å². The van der Waals surface area contributed by atoms with Crippen molar-refractivity contribution in [2.75, 3.05) is 18.6 Å². The van der Waals surface area contributed by atoms with Crippen molar-refractivity contribution >= 4 is 22.5 Å². The minimum atomic E-state index is -0.139. The molecule has 0 spiro atoms. The average Bonchev–Trinajstić information content (AvgIpc) is 2.71. The van der Waals surface area contributed by atoms with Crippen molar-refractivity contribution in [1.29, 1.82) is 0 Å². The van der Waals surface area contributed by atoms with Gasteiger partial charge in [-0.3, -0.25) is 9.59 Å². The molecular weight excluding hydrogens is 340 g/mol. The van der Waals surface area contributed by atoms with Gasteiger partial charge in [-0.15, -0.1) is 0 Å². The molecule has 1 aromatic heterocycles. The van der Waals surface area contributed by atoms with E-state index in [-0.39, 0.29) is 11.5 Å². The Hall–Kier alpha value is -3.08. The number of pyridine rings is 1. The Bertz CT molecular complexity index is 1050. The summed E-state index contributed by atoms with van der Waals surface area (Å²) in [6.07, 6.45) is 2.71. The molecule has 1 amide bonds. The topological polar surface area (TPSA) is 62.4 Å². The van der Waals surface area contributed by atoms with Crippen molar-refractivity contribution in [2.24, 2.45) is 0 Å². The van der Waals surface area contributed by atoms with E-state index in [4.69, 9.17) is 4.74 Å². The molecule has 0 saturated carbocycles. The van der Waals surface area contributed by atoms with Crippen LogP contribution in [0.3, 0.4) is 0 Å². The lowest BCUT2D eigenvalue weighted by molar-refractivity contribution is -0.118. The van der Waals surface area contributed by atoms with Gasteiger partial charge in [0.1, 0.15) is 5.75 Å². The van der Waals surface area contributed by atoms with Crippen LogP contribution in [0.5, 0.6) is 5.75 Å². The molecule has 3 aromatic rings. The second-order valence-corrected chi connectivity index (χ2v) is 6.85. The Morgan fingerprint density at radius 2 is 2.04 bits per heavy atom. The molecule has 0 unspecified atom stereocenters. The first kappa shape index (κ1) is 17.3. The number of amides is 1. The Morgan fingerprint density at radius 1 is 1.19 bits per heavy atom. The Labute approximate surface area is 157 Å². The number of ether oxygens (including phenoxy) is 1. The maximum atomic E-state index is 12.8. The largest absolute Gasteiger partial charge is 0.497 e. The summed E-state index contributed by atoms with van der Waals surface area (Å²) in [5, 5.41) is 0.903. The van der Waals surface area contributed by atoms with Gasteiger partial charge in [0.15, 0.2) is 0 Å². The van der Waals surface area contributed by atoms with Crippen molar-refractivity contribution in [3.63, 3.8) is 0 Å². The van der Waals surface area contributed by atoms with E-state index in [0.29, 0.717) is 18.4 Å². The zero-order chi connectivity index (χ0) is 18.8. The molecule has 1 aliphatic rings. The normalized spacial score (nSPS) is 13.4. The monoisotopic (exact) mass is 362 g/mol. The number of benzene rings is 2. The summed E-state index contributed by atoms with van der Waals surface area (Å²) in [5.74, 6) is 0.800. The molecule has 0 radical (unpaired) electrons. The van der Waals surface area contributed by atoms with Crippen molar-refractivity contribution < 1.29 is 9.53 Å². The zero-order valence-corrected chi connectivity index (χ0v) is 15.3. The number of nitrogens with zero attached hydrogens (tertiary/aromatic N) is 1. The molecule has 0 fully saturated rings. The van der Waals surface area contributed by atoms with E-state index in [0.717, 1.165) is 41.7 Å². The first-order chi connectivity index (χ1) is 13.2. The van der Waals surface area contributed by atoms with Crippen molar-refractivity contribution in [1.82, 2.24) is 4.98 Å². The Kier molecular flexibility index (Phi) is 4.67. The number of rotatable bonds is 4. The van der Waals surface area contributed by atoms with E-state index >= 15 is 0 Å². The number of aryl methyl sites for hydroxylation is 2. The summed E-state index contributed by atoms with van der Waals surface area (Å²) in [6, 6.07) is 15.4. The number of carbonyl (C=O) groups excluding carboxylic acids is 1. The summed E-state index contributed by atoms with van der Waals surface area (Å²) in [7, 11) is 1.61. The quantitative estimate of drug-likeness (QED) is 0.773. The van der Waals surface area contributed by atoms with E-state index < -0.39 is 0 Å². The van der Waals surface area contributed by atoms with Crippen molar-refractivity contribution in [2.45, 2.75) is 25.7 Å². The maximum absolute atomic E-state index is 12.8. The lowest BCUT2D eigenvalue weighted by Gasteiger charge is -2.29. The smallest absolute Gasteiger partial charge is 0.251 e. The van der Waals surface area contributed by atoms with Crippen LogP contribution in [-0.4, -0.2) is 24.5 Å². The molecule has 0 atom stereocenters. The first-order valence-corrected chi connectivity index (χ1v) is 9.24. The minimum absolute atomic E-state index is 0.0623. The van der Waals surface area contributed by atoms with Crippen molar-refractivity contribution in [3.8, 4) is 5.75 Å². The highest BCUT2D eigenvalue weighted by Gasteiger charge is 2.22. The summed E-state index contributed by atoms with van der Waals surface area (Å²) in [4.78, 5) is 29.9. The molecule has 0 aliphatic carbocycles. The fraction of sp³-hybridized carbons (Fsp3) is 0.273. The molecule has 4 rings (SSSR count). The van der Waals surface area contributed by atoms with Gasteiger partial charge in [0.2, 0.25) is 5.91 Å². The van der Waals surface area contributed by atoms with E-state index in [1.54, 1.807) is 7.11 Å². The molecule has 0 saturated heterocycles. The molecular formula is C22H22N2O3. The van der Waals surface area contributed by atoms with Crippen LogP contribution in [0.4, 0.5) is 5.69 Å². The molecule has 1 N–H and O–H groups in total. The van der Waals surface area contributed by atoms with Crippen LogP contribution in [-0.2, 0) is 17.6 Å². The molecule has 5 heteroatoms. The van der Waals surface area contributed by atoms with Gasteiger partial charge in [-0.25, -0.2) is 0 Å². The van der Waals surface area contributed by atoms with Crippen LogP contribution in [0, 0.1) is 0 Å². The van der Waals surface area contributed by atoms with Gasteiger partial charge in [0.25, 0.3) is 5.56 Å². The van der Waals surface area contributed by atoms with Crippen LogP contribution < -0.4 is 15.2 Å². The van der Waals surface area contributed by atoms with Crippen LogP contribution >= 0.6 is 0 Å². The SMILES string of the molecule is COc1ccc2[nH]c(=O)c(CCC(=O)N3CCCc4ccccc43)cc2c1. The predicted octanol–water partition coefficient (Wildman–Crippen LogP) is 3.45. The second kappa shape index (κ2) is 7.27. The number of H-pyrrole nitrogens is 1. The number of methoxy groups -OCH3 is 1. The summed E-state index contributed by atoms with van der Waals surface area (Å²) >= 11 is 0. The lowest BCUT2D eigenvalue weighted by atomic mass is 10.0. The van der Waals surface area contributed by atoms with Gasteiger partial charge in [0.05, 0.1) is 7.11 Å². The lowest BCUT2D eigenvalue weighted by Crippen LogP contribution is -2.35. The van der Waals surface area contributed by atoms with E-state index in [1.165, 1.54) is 5.56 Å². The third-order valence-corrected chi connectivity index (χ3v) is 5.15. The molecule has 1 aliphatic heterocycles. The summed E-state index contributed by atoms with van der Waals surface area (Å²) < 4.78 is 5.25. The van der Waals surface area contributed by atoms with Crippen LogP contribution in [0.2, 0.25) is 0 Å². The highest BCUT2D eigenvalue weighted by atomic mass is 16.5. The van der Waals surface area contributed by atoms with Crippen LogP contribution in [0.1, 0.15) is 24.0 Å². The van der Waals surface area contributed by atoms with Gasteiger partial charge >= 0.3 is 0 Å². The van der Waals surface area contributed by atoms with Gasteiger partial charge in [0, 0.05) is 35.1 Å². The molecule has 0 bridgehead atoms. The van der Waals surface area contributed by atoms with Gasteiger partial charge < -0.3 is 14.6 Å². The fourth-order valence-electron chi connectivity index (χ4n) is 3.71. The first-order valence-electron chi connectivity index (χ1n) is 9.24. The number of hydrogen-bond donors (Lipinski definition) is 1. The third-order valence-electron chi connectivity index (χ3n) is 5.15. The number of anilines is 1. The highest BCUT2D eigenvalue weighted by molar-refractivity contribution is 5.94. The minimum Gasteiger partial charge on any atom is -0.497 e. The number of aromatic amines is 1. The summed E-state index contributed by atoms with van der Waals surface area (Å²) in [6.45, 7) is 0.737. The molecule has 2 aromatic carbocycles. The number of nitrogens with one attached hydrogen (secondary N) is 1. The second-order valence-electron chi connectivity index (χ2n) is 6.85. The number of fused-ring (bicyclic) bond motifs is 2.